The van der Waals surface area contributed by atoms with E-state index in [9.17, 15) is 9.59 Å². The first kappa shape index (κ1) is 31.4. The van der Waals surface area contributed by atoms with Crippen LogP contribution in [0.25, 0.3) is 0 Å². The summed E-state index contributed by atoms with van der Waals surface area (Å²) in [6.07, 6.45) is 17.7. The summed E-state index contributed by atoms with van der Waals surface area (Å²) in [5.41, 5.74) is 11.8. The fourth-order valence-electron chi connectivity index (χ4n) is 3.54. The van der Waals surface area contributed by atoms with Crippen LogP contribution in [0.1, 0.15) is 78.7 Å². The third-order valence-electron chi connectivity index (χ3n) is 5.71. The van der Waals surface area contributed by atoms with E-state index in [0.29, 0.717) is 5.75 Å². The molecule has 0 aliphatic rings. The van der Waals surface area contributed by atoms with Crippen molar-refractivity contribution in [1.82, 2.24) is 10.3 Å². The van der Waals surface area contributed by atoms with Gasteiger partial charge in [-0.3, -0.25) is 10.1 Å². The molecule has 3 amide bonds. The van der Waals surface area contributed by atoms with Crippen LogP contribution in [0.5, 0.6) is 0 Å². The largest absolute Gasteiger partial charge is 0.359 e. The Morgan fingerprint density at radius 2 is 1.50 bits per heavy atom. The molecule has 1 aromatic rings. The summed E-state index contributed by atoms with van der Waals surface area (Å²) >= 11 is 1.64. The molecule has 0 bridgehead atoms. The number of H-pyrrole nitrogens is 1. The van der Waals surface area contributed by atoms with E-state index in [2.05, 4.69) is 74.5 Å². The molecular formula is C29H46N4O2S. The molecule has 0 aliphatic heterocycles. The van der Waals surface area contributed by atoms with Gasteiger partial charge >= 0.3 is 6.03 Å². The van der Waals surface area contributed by atoms with Crippen LogP contribution in [0.2, 0.25) is 0 Å². The number of hydrogen-bond acceptors (Lipinski definition) is 4. The maximum absolute atomic E-state index is 12.4. The average Bonchev–Trinajstić information content (AvgIpc) is 3.19. The van der Waals surface area contributed by atoms with E-state index in [-0.39, 0.29) is 0 Å². The van der Waals surface area contributed by atoms with Gasteiger partial charge in [-0.25, -0.2) is 4.79 Å². The zero-order chi connectivity index (χ0) is 26.9. The number of amides is 3. The molecule has 5 N–H and O–H groups in total. The van der Waals surface area contributed by atoms with E-state index >= 15 is 0 Å². The number of carbonyl (C=O) groups excluding carboxylic acids is 2. The molecule has 1 rings (SSSR count). The van der Waals surface area contributed by atoms with Crippen molar-refractivity contribution in [3.05, 3.63) is 64.4 Å². The molecule has 1 atom stereocenters. The second-order valence-corrected chi connectivity index (χ2v) is 10.8. The number of thioether (sulfide) groups is 1. The molecule has 36 heavy (non-hydrogen) atoms. The number of anilines is 1. The topological polar surface area (TPSA) is 100 Å². The van der Waals surface area contributed by atoms with E-state index in [1.807, 2.05) is 19.2 Å². The number of nitrogens with one attached hydrogen (secondary N) is 3. The molecule has 6 nitrogen and oxygen atoms in total. The summed E-state index contributed by atoms with van der Waals surface area (Å²) in [6.45, 7) is 12.9. The molecule has 0 radical (unpaired) electrons. The van der Waals surface area contributed by atoms with Gasteiger partial charge in [-0.15, -0.1) is 0 Å². The highest BCUT2D eigenvalue weighted by atomic mass is 32.2. The van der Waals surface area contributed by atoms with Crippen molar-refractivity contribution in [2.45, 2.75) is 86.1 Å². The molecule has 1 heterocycles. The van der Waals surface area contributed by atoms with Crippen molar-refractivity contribution in [1.29, 1.82) is 0 Å². The normalized spacial score (nSPS) is 13.3. The second kappa shape index (κ2) is 17.7. The van der Waals surface area contributed by atoms with Crippen molar-refractivity contribution in [2.24, 2.45) is 5.73 Å². The summed E-state index contributed by atoms with van der Waals surface area (Å²) < 4.78 is 0. The number of hydrogen-bond donors (Lipinski definition) is 4. The number of imide groups is 1. The number of allylic oxidation sites excluding steroid dienone is 7. The Morgan fingerprint density at radius 1 is 0.944 bits per heavy atom. The number of nitrogens with two attached hydrogens (primary N) is 1. The Bertz CT molecular complexity index is 952. The molecule has 1 unspecified atom stereocenters. The van der Waals surface area contributed by atoms with Gasteiger partial charge in [0.05, 0.1) is 0 Å². The first-order valence-electron chi connectivity index (χ1n) is 12.8. The molecule has 0 saturated carbocycles. The molecule has 0 fully saturated rings. The highest BCUT2D eigenvalue weighted by Gasteiger charge is 2.20. The van der Waals surface area contributed by atoms with E-state index in [1.54, 1.807) is 11.8 Å². The van der Waals surface area contributed by atoms with E-state index in [0.717, 1.165) is 55.7 Å². The number of aromatic nitrogens is 1. The number of carbonyl (C=O) groups is 2. The zero-order valence-electron chi connectivity index (χ0n) is 23.0. The van der Waals surface area contributed by atoms with E-state index in [4.69, 9.17) is 5.73 Å². The van der Waals surface area contributed by atoms with Crippen LogP contribution in [0.4, 0.5) is 10.6 Å². The molecule has 0 saturated heterocycles. The van der Waals surface area contributed by atoms with Crippen molar-refractivity contribution in [2.75, 3.05) is 16.8 Å². The van der Waals surface area contributed by atoms with Crippen molar-refractivity contribution in [3.63, 3.8) is 0 Å². The van der Waals surface area contributed by atoms with Gasteiger partial charge in [0, 0.05) is 17.7 Å². The summed E-state index contributed by atoms with van der Waals surface area (Å²) in [5.74, 6) is 1.63. The Balaban J connectivity index is 2.39. The molecule has 200 valence electrons. The SMILES string of the molecule is CC(C)=CCC/C(C)=C/CC/C(C)=C/CC/C(C)=C/CSCC(Nc1cc(C)c[nH]1)C(=O)NC(N)=O. The lowest BCUT2D eigenvalue weighted by Crippen LogP contribution is -2.46. The lowest BCUT2D eigenvalue weighted by molar-refractivity contribution is -0.120. The minimum absolute atomic E-state index is 0.429. The van der Waals surface area contributed by atoms with Gasteiger partial charge < -0.3 is 16.0 Å². The van der Waals surface area contributed by atoms with Crippen molar-refractivity contribution >= 4 is 29.5 Å². The Morgan fingerprint density at radius 3 is 2.00 bits per heavy atom. The lowest BCUT2D eigenvalue weighted by Gasteiger charge is -2.17. The summed E-state index contributed by atoms with van der Waals surface area (Å²) in [5, 5.41) is 5.32. The van der Waals surface area contributed by atoms with Crippen LogP contribution < -0.4 is 16.4 Å². The summed E-state index contributed by atoms with van der Waals surface area (Å²) in [6, 6.07) is 0.506. The van der Waals surface area contributed by atoms with Crippen LogP contribution in [0.15, 0.2) is 58.9 Å². The van der Waals surface area contributed by atoms with E-state index in [1.165, 1.54) is 22.3 Å². The number of rotatable bonds is 16. The Hall–Kier alpha value is -2.67. The second-order valence-electron chi connectivity index (χ2n) is 9.73. The van der Waals surface area contributed by atoms with Gasteiger partial charge in [0.1, 0.15) is 11.9 Å². The smallest absolute Gasteiger partial charge is 0.318 e. The molecule has 1 aromatic heterocycles. The van der Waals surface area contributed by atoms with Gasteiger partial charge in [-0.05, 0) is 91.7 Å². The first-order valence-corrected chi connectivity index (χ1v) is 13.9. The molecule has 0 aromatic carbocycles. The highest BCUT2D eigenvalue weighted by Crippen LogP contribution is 2.16. The number of aryl methyl sites for hydroxylation is 1. The summed E-state index contributed by atoms with van der Waals surface area (Å²) in [4.78, 5) is 26.5. The Labute approximate surface area is 222 Å². The molecule has 7 heteroatoms. The predicted octanol–water partition coefficient (Wildman–Crippen LogP) is 7.18. The number of aromatic amines is 1. The molecule has 0 aliphatic carbocycles. The molecular weight excluding hydrogens is 468 g/mol. The van der Waals surface area contributed by atoms with Gasteiger partial charge in [0.15, 0.2) is 0 Å². The van der Waals surface area contributed by atoms with Gasteiger partial charge in [-0.1, -0.05) is 46.6 Å². The zero-order valence-corrected chi connectivity index (χ0v) is 23.8. The van der Waals surface area contributed by atoms with Crippen molar-refractivity contribution < 1.29 is 9.59 Å². The monoisotopic (exact) mass is 514 g/mol. The Kier molecular flexibility index (Phi) is 15.4. The summed E-state index contributed by atoms with van der Waals surface area (Å²) in [7, 11) is 0. The fourth-order valence-corrected chi connectivity index (χ4v) is 4.55. The van der Waals surface area contributed by atoms with Crippen LogP contribution in [0.3, 0.4) is 0 Å². The fraction of sp³-hybridized carbons (Fsp3) is 0.517. The minimum Gasteiger partial charge on any atom is -0.359 e. The van der Waals surface area contributed by atoms with Crippen LogP contribution in [-0.4, -0.2) is 34.5 Å². The van der Waals surface area contributed by atoms with Crippen LogP contribution in [-0.2, 0) is 4.79 Å². The quantitative estimate of drug-likeness (QED) is 0.139. The van der Waals surface area contributed by atoms with Gasteiger partial charge in [0.25, 0.3) is 5.91 Å². The predicted molar refractivity (Wildman–Crippen MR) is 156 cm³/mol. The maximum Gasteiger partial charge on any atom is 0.318 e. The number of urea groups is 1. The van der Waals surface area contributed by atoms with Crippen LogP contribution in [0, 0.1) is 6.92 Å². The van der Waals surface area contributed by atoms with Crippen molar-refractivity contribution in [3.8, 4) is 0 Å². The van der Waals surface area contributed by atoms with Gasteiger partial charge in [0.2, 0.25) is 0 Å². The third kappa shape index (κ3) is 15.4. The standard InChI is InChI=1S/C29H46N4O2S/c1-21(2)10-7-11-22(3)12-8-13-23(4)14-9-15-24(5)16-17-36-20-26(28(34)33-29(30)35)32-27-18-25(6)19-31-27/h10,12,14,16,18-19,26,31-32H,7-9,11,13,15,17,20H2,1-6H3,(H3,30,33,34,35)/b22-12+,23-14+,24-16+. The lowest BCUT2D eigenvalue weighted by atomic mass is 10.0. The average molecular weight is 515 g/mol. The van der Waals surface area contributed by atoms with E-state index < -0.39 is 18.0 Å². The number of primary amides is 1. The first-order chi connectivity index (χ1) is 17.1. The molecule has 0 spiro atoms. The van der Waals surface area contributed by atoms with Gasteiger partial charge in [-0.2, -0.15) is 11.8 Å². The minimum atomic E-state index is -0.843. The maximum atomic E-state index is 12.4. The van der Waals surface area contributed by atoms with Crippen LogP contribution >= 0.6 is 11.8 Å². The third-order valence-corrected chi connectivity index (χ3v) is 6.68. The highest BCUT2D eigenvalue weighted by molar-refractivity contribution is 7.99.